The molecule has 1 aromatic carbocycles. The van der Waals surface area contributed by atoms with Crippen molar-refractivity contribution < 1.29 is 0 Å². The Morgan fingerprint density at radius 2 is 2.15 bits per heavy atom. The molecule has 3 rings (SSSR count). The first-order chi connectivity index (χ1) is 9.79. The number of rotatable bonds is 2. The molecular weight excluding hydrogens is 264 g/mol. The number of thioether (sulfide) groups is 1. The van der Waals surface area contributed by atoms with Crippen molar-refractivity contribution in [1.82, 2.24) is 10.2 Å². The van der Waals surface area contributed by atoms with E-state index in [9.17, 15) is 0 Å². The summed E-state index contributed by atoms with van der Waals surface area (Å²) in [6, 6.07) is 7.83. The molecule has 0 bridgehead atoms. The van der Waals surface area contributed by atoms with Crippen LogP contribution in [-0.2, 0) is 6.42 Å². The lowest BCUT2D eigenvalue weighted by atomic mass is 9.79. The SMILES string of the molecule is CSc1ccc2c(c1)CCC(N1CCCNCC1)C2C. The summed E-state index contributed by atoms with van der Waals surface area (Å²) in [5, 5.41) is 3.52. The first-order valence-electron chi connectivity index (χ1n) is 7.91. The van der Waals surface area contributed by atoms with Gasteiger partial charge < -0.3 is 5.32 Å². The summed E-state index contributed by atoms with van der Waals surface area (Å²) in [7, 11) is 0. The molecule has 2 nitrogen and oxygen atoms in total. The van der Waals surface area contributed by atoms with Crippen molar-refractivity contribution in [3.63, 3.8) is 0 Å². The van der Waals surface area contributed by atoms with E-state index in [0.29, 0.717) is 5.92 Å². The van der Waals surface area contributed by atoms with Gasteiger partial charge in [0, 0.05) is 24.0 Å². The Labute approximate surface area is 127 Å². The van der Waals surface area contributed by atoms with E-state index in [2.05, 4.69) is 41.6 Å². The molecule has 3 heteroatoms. The Bertz CT molecular complexity index is 452. The van der Waals surface area contributed by atoms with Gasteiger partial charge in [-0.2, -0.15) is 0 Å². The Morgan fingerprint density at radius 1 is 1.25 bits per heavy atom. The van der Waals surface area contributed by atoms with E-state index in [4.69, 9.17) is 0 Å². The monoisotopic (exact) mass is 290 g/mol. The largest absolute Gasteiger partial charge is 0.315 e. The fourth-order valence-corrected chi connectivity index (χ4v) is 4.29. The van der Waals surface area contributed by atoms with Gasteiger partial charge in [0.05, 0.1) is 0 Å². The van der Waals surface area contributed by atoms with Crippen molar-refractivity contribution in [2.45, 2.75) is 43.0 Å². The van der Waals surface area contributed by atoms with Gasteiger partial charge in [0.15, 0.2) is 0 Å². The zero-order valence-electron chi connectivity index (χ0n) is 12.7. The van der Waals surface area contributed by atoms with Crippen LogP contribution >= 0.6 is 11.8 Å². The fourth-order valence-electron chi connectivity index (χ4n) is 3.83. The van der Waals surface area contributed by atoms with Gasteiger partial charge in [0.25, 0.3) is 0 Å². The minimum absolute atomic E-state index is 0.674. The van der Waals surface area contributed by atoms with E-state index in [1.807, 2.05) is 11.8 Å². The highest BCUT2D eigenvalue weighted by Gasteiger charge is 2.30. The third-order valence-corrected chi connectivity index (χ3v) is 5.70. The topological polar surface area (TPSA) is 15.3 Å². The molecule has 1 aliphatic carbocycles. The second-order valence-electron chi connectivity index (χ2n) is 6.10. The molecule has 110 valence electrons. The highest BCUT2D eigenvalue weighted by molar-refractivity contribution is 7.98. The summed E-state index contributed by atoms with van der Waals surface area (Å²) in [6.45, 7) is 7.25. The lowest BCUT2D eigenvalue weighted by Gasteiger charge is -2.39. The number of hydrogen-bond donors (Lipinski definition) is 1. The summed E-state index contributed by atoms with van der Waals surface area (Å²) < 4.78 is 0. The van der Waals surface area contributed by atoms with E-state index in [0.717, 1.165) is 12.6 Å². The van der Waals surface area contributed by atoms with Gasteiger partial charge in [0.2, 0.25) is 0 Å². The second-order valence-corrected chi connectivity index (χ2v) is 6.98. The van der Waals surface area contributed by atoms with Gasteiger partial charge in [-0.05, 0) is 67.8 Å². The molecule has 0 saturated carbocycles. The highest BCUT2D eigenvalue weighted by atomic mass is 32.2. The normalized spacial score (nSPS) is 27.9. The van der Waals surface area contributed by atoms with Gasteiger partial charge in [-0.15, -0.1) is 11.8 Å². The van der Waals surface area contributed by atoms with Gasteiger partial charge in [0.1, 0.15) is 0 Å². The second kappa shape index (κ2) is 6.50. The van der Waals surface area contributed by atoms with Crippen molar-refractivity contribution >= 4 is 11.8 Å². The number of fused-ring (bicyclic) bond motifs is 1. The Balaban J connectivity index is 1.79. The minimum Gasteiger partial charge on any atom is -0.315 e. The third kappa shape index (κ3) is 2.90. The standard InChI is InChI=1S/C17H26N2S/c1-13-16-6-5-15(20-2)12-14(16)4-7-17(13)19-10-3-8-18-9-11-19/h5-6,12-13,17-18H,3-4,7-11H2,1-2H3. The van der Waals surface area contributed by atoms with Crippen LogP contribution in [0.2, 0.25) is 0 Å². The van der Waals surface area contributed by atoms with Crippen molar-refractivity contribution in [3.8, 4) is 0 Å². The summed E-state index contributed by atoms with van der Waals surface area (Å²) in [5.74, 6) is 0.674. The molecule has 1 aromatic rings. The first-order valence-corrected chi connectivity index (χ1v) is 9.13. The summed E-state index contributed by atoms with van der Waals surface area (Å²) in [5.41, 5.74) is 3.19. The van der Waals surface area contributed by atoms with Crippen LogP contribution in [0.3, 0.4) is 0 Å². The van der Waals surface area contributed by atoms with E-state index < -0.39 is 0 Å². The average molecular weight is 290 g/mol. The molecule has 1 fully saturated rings. The first kappa shape index (κ1) is 14.4. The molecule has 2 unspecified atom stereocenters. The van der Waals surface area contributed by atoms with Crippen LogP contribution in [0.5, 0.6) is 0 Å². The lowest BCUT2D eigenvalue weighted by Crippen LogP contribution is -2.43. The number of hydrogen-bond acceptors (Lipinski definition) is 3. The van der Waals surface area contributed by atoms with E-state index in [-0.39, 0.29) is 0 Å². The van der Waals surface area contributed by atoms with Crippen molar-refractivity contribution in [1.29, 1.82) is 0 Å². The molecule has 0 amide bonds. The Kier molecular flexibility index (Phi) is 4.69. The van der Waals surface area contributed by atoms with E-state index in [1.165, 1.54) is 43.8 Å². The predicted molar refractivity (Wildman–Crippen MR) is 87.8 cm³/mol. The molecule has 20 heavy (non-hydrogen) atoms. The van der Waals surface area contributed by atoms with Crippen molar-refractivity contribution in [3.05, 3.63) is 29.3 Å². The zero-order chi connectivity index (χ0) is 13.9. The van der Waals surface area contributed by atoms with Crippen molar-refractivity contribution in [2.24, 2.45) is 0 Å². The lowest BCUT2D eigenvalue weighted by molar-refractivity contribution is 0.169. The summed E-state index contributed by atoms with van der Waals surface area (Å²) >= 11 is 1.86. The number of aryl methyl sites for hydroxylation is 1. The number of nitrogens with one attached hydrogen (secondary N) is 1. The van der Waals surface area contributed by atoms with Gasteiger partial charge >= 0.3 is 0 Å². The van der Waals surface area contributed by atoms with Gasteiger partial charge in [-0.1, -0.05) is 13.0 Å². The molecule has 2 aliphatic rings. The highest BCUT2D eigenvalue weighted by Crippen LogP contribution is 2.36. The molecule has 1 saturated heterocycles. The van der Waals surface area contributed by atoms with E-state index in [1.54, 1.807) is 11.1 Å². The van der Waals surface area contributed by atoms with Gasteiger partial charge in [-0.3, -0.25) is 4.90 Å². The molecule has 0 radical (unpaired) electrons. The summed E-state index contributed by atoms with van der Waals surface area (Å²) in [6.07, 6.45) is 6.04. The Morgan fingerprint density at radius 3 is 3.00 bits per heavy atom. The van der Waals surface area contributed by atoms with E-state index >= 15 is 0 Å². The maximum absolute atomic E-state index is 3.52. The van der Waals surface area contributed by atoms with Gasteiger partial charge in [-0.25, -0.2) is 0 Å². The quantitative estimate of drug-likeness (QED) is 0.843. The molecule has 1 heterocycles. The Hall–Kier alpha value is -0.510. The molecule has 2 atom stereocenters. The third-order valence-electron chi connectivity index (χ3n) is 4.97. The van der Waals surface area contributed by atoms with Crippen LogP contribution in [-0.4, -0.2) is 43.4 Å². The smallest absolute Gasteiger partial charge is 0.0165 e. The van der Waals surface area contributed by atoms with Crippen LogP contribution in [0.1, 0.15) is 36.8 Å². The van der Waals surface area contributed by atoms with Crippen LogP contribution in [0.25, 0.3) is 0 Å². The van der Waals surface area contributed by atoms with Crippen LogP contribution < -0.4 is 5.32 Å². The van der Waals surface area contributed by atoms with Crippen LogP contribution in [0.15, 0.2) is 23.1 Å². The molecule has 0 aromatic heterocycles. The maximum atomic E-state index is 3.52. The minimum atomic E-state index is 0.674. The van der Waals surface area contributed by atoms with Crippen molar-refractivity contribution in [2.75, 3.05) is 32.4 Å². The number of benzene rings is 1. The molecular formula is C17H26N2S. The fraction of sp³-hybridized carbons (Fsp3) is 0.647. The number of nitrogens with zero attached hydrogens (tertiary/aromatic N) is 1. The average Bonchev–Trinajstić information content (AvgIpc) is 2.76. The van der Waals surface area contributed by atoms with Crippen LogP contribution in [0, 0.1) is 0 Å². The molecule has 1 aliphatic heterocycles. The maximum Gasteiger partial charge on any atom is 0.0165 e. The van der Waals surface area contributed by atoms with Crippen LogP contribution in [0.4, 0.5) is 0 Å². The molecule has 1 N–H and O–H groups in total. The molecule has 0 spiro atoms. The summed E-state index contributed by atoms with van der Waals surface area (Å²) in [4.78, 5) is 4.14. The predicted octanol–water partition coefficient (Wildman–Crippen LogP) is 3.12. The zero-order valence-corrected chi connectivity index (χ0v) is 13.5.